The Labute approximate surface area is 171 Å². The van der Waals surface area contributed by atoms with Gasteiger partial charge in [-0.1, -0.05) is 11.6 Å². The summed E-state index contributed by atoms with van der Waals surface area (Å²) in [4.78, 5) is 2.39. The molecule has 0 aromatic heterocycles. The second kappa shape index (κ2) is 6.64. The van der Waals surface area contributed by atoms with Gasteiger partial charge in [-0.15, -0.1) is 0 Å². The number of anilines is 1. The van der Waals surface area contributed by atoms with Crippen LogP contribution in [0.2, 0.25) is 5.02 Å². The number of hydrogen-bond acceptors (Lipinski definition) is 3. The van der Waals surface area contributed by atoms with Crippen LogP contribution in [0.1, 0.15) is 53.0 Å². The second-order valence-electron chi connectivity index (χ2n) is 9.01. The molecule has 1 fully saturated rings. The zero-order chi connectivity index (χ0) is 19.5. The van der Waals surface area contributed by atoms with Crippen LogP contribution in [0.15, 0.2) is 16.6 Å². The lowest BCUT2D eigenvalue weighted by molar-refractivity contribution is 0.284. The molecule has 2 aliphatic heterocycles. The Hall–Kier alpha value is -0.300. The minimum Gasteiger partial charge on any atom is -0.366 e. The van der Waals surface area contributed by atoms with Gasteiger partial charge in [0.05, 0.1) is 10.4 Å². The highest BCUT2D eigenvalue weighted by Crippen LogP contribution is 2.43. The Morgan fingerprint density at radius 1 is 1.27 bits per heavy atom. The van der Waals surface area contributed by atoms with Gasteiger partial charge in [0.25, 0.3) is 0 Å². The smallest absolute Gasteiger partial charge is 0.219 e. The third kappa shape index (κ3) is 3.43. The lowest BCUT2D eigenvalue weighted by atomic mass is 9.96. The minimum absolute atomic E-state index is 0.165. The molecule has 1 atom stereocenters. The van der Waals surface area contributed by atoms with Gasteiger partial charge in [-0.25, -0.2) is 8.42 Å². The molecule has 0 aliphatic carbocycles. The van der Waals surface area contributed by atoms with Crippen LogP contribution in [0.3, 0.4) is 0 Å². The minimum atomic E-state index is -3.38. The first-order valence-electron chi connectivity index (χ1n) is 9.11. The van der Waals surface area contributed by atoms with Gasteiger partial charge in [0, 0.05) is 34.2 Å². The predicted octanol–water partition coefficient (Wildman–Crippen LogP) is 4.84. The number of fused-ring (bicyclic) bond motifs is 1. The van der Waals surface area contributed by atoms with Gasteiger partial charge in [0.1, 0.15) is 0 Å². The molecule has 1 unspecified atom stereocenters. The molecule has 1 aromatic carbocycles. The summed E-state index contributed by atoms with van der Waals surface area (Å²) < 4.78 is 28.2. The van der Waals surface area contributed by atoms with Crippen molar-refractivity contribution in [3.63, 3.8) is 0 Å². The van der Waals surface area contributed by atoms with Crippen molar-refractivity contribution in [3.05, 3.63) is 27.2 Å². The van der Waals surface area contributed by atoms with Crippen LogP contribution in [-0.2, 0) is 16.4 Å². The van der Waals surface area contributed by atoms with E-state index in [1.165, 1.54) is 11.3 Å². The molecular weight excluding hydrogens is 436 g/mol. The summed E-state index contributed by atoms with van der Waals surface area (Å²) in [6.45, 7) is 10.9. The van der Waals surface area contributed by atoms with E-state index in [1.807, 2.05) is 26.0 Å². The van der Waals surface area contributed by atoms with Gasteiger partial charge >= 0.3 is 0 Å². The maximum absolute atomic E-state index is 13.1. The fourth-order valence-electron chi connectivity index (χ4n) is 4.19. The van der Waals surface area contributed by atoms with E-state index in [1.54, 1.807) is 25.1 Å². The molecule has 1 aromatic rings. The van der Waals surface area contributed by atoms with E-state index in [0.717, 1.165) is 35.3 Å². The van der Waals surface area contributed by atoms with Crippen molar-refractivity contribution >= 4 is 43.2 Å². The maximum atomic E-state index is 13.1. The van der Waals surface area contributed by atoms with E-state index < -0.39 is 20.3 Å². The summed E-state index contributed by atoms with van der Waals surface area (Å²) >= 11 is 9.91. The Balaban J connectivity index is 1.97. The molecule has 0 amide bonds. The molecule has 0 spiro atoms. The van der Waals surface area contributed by atoms with Crippen molar-refractivity contribution in [2.45, 2.75) is 70.2 Å². The third-order valence-electron chi connectivity index (χ3n) is 5.53. The van der Waals surface area contributed by atoms with Gasteiger partial charge in [-0.2, -0.15) is 4.31 Å². The van der Waals surface area contributed by atoms with Crippen molar-refractivity contribution in [3.8, 4) is 0 Å². The maximum Gasteiger partial charge on any atom is 0.219 e. The fraction of sp³-hybridized carbons (Fsp3) is 0.684. The van der Waals surface area contributed by atoms with E-state index in [-0.39, 0.29) is 6.04 Å². The van der Waals surface area contributed by atoms with Crippen LogP contribution in [-0.4, -0.2) is 42.1 Å². The van der Waals surface area contributed by atoms with E-state index in [0.29, 0.717) is 6.54 Å². The molecule has 0 N–H and O–H groups in total. The van der Waals surface area contributed by atoms with Crippen LogP contribution in [0.5, 0.6) is 0 Å². The Morgan fingerprint density at radius 2 is 1.92 bits per heavy atom. The summed E-state index contributed by atoms with van der Waals surface area (Å²) in [5, 5.41) is 0.737. The van der Waals surface area contributed by atoms with Crippen LogP contribution < -0.4 is 4.90 Å². The van der Waals surface area contributed by atoms with Crippen molar-refractivity contribution in [2.24, 2.45) is 0 Å². The van der Waals surface area contributed by atoms with Crippen molar-refractivity contribution in [1.29, 1.82) is 0 Å². The molecule has 3 rings (SSSR count). The first kappa shape index (κ1) is 20.4. The fourth-order valence-corrected chi connectivity index (χ4v) is 7.05. The Morgan fingerprint density at radius 3 is 2.54 bits per heavy atom. The van der Waals surface area contributed by atoms with Crippen LogP contribution >= 0.6 is 27.5 Å². The Bertz CT molecular complexity index is 818. The zero-order valence-electron chi connectivity index (χ0n) is 16.1. The topological polar surface area (TPSA) is 40.6 Å². The molecule has 0 bridgehead atoms. The lowest BCUT2D eigenvalue weighted by Gasteiger charge is -2.37. The third-order valence-corrected chi connectivity index (χ3v) is 9.13. The summed E-state index contributed by atoms with van der Waals surface area (Å²) in [5.41, 5.74) is 2.02. The predicted molar refractivity (Wildman–Crippen MR) is 113 cm³/mol. The van der Waals surface area contributed by atoms with Gasteiger partial charge < -0.3 is 4.90 Å². The average molecular weight is 464 g/mol. The number of sulfonamides is 1. The monoisotopic (exact) mass is 462 g/mol. The number of rotatable bonds is 2. The SMILES string of the molecule is CC1(C)CC(N2CCCc3cc(Cl)cc(Br)c32)CN1S(=O)(=O)C(C)(C)C. The summed E-state index contributed by atoms with van der Waals surface area (Å²) in [5.74, 6) is 0. The van der Waals surface area contributed by atoms with Crippen LogP contribution in [0, 0.1) is 0 Å². The quantitative estimate of drug-likeness (QED) is 0.630. The molecule has 146 valence electrons. The molecule has 2 aliphatic rings. The molecule has 1 saturated heterocycles. The molecular formula is C19H28BrClN2O2S. The van der Waals surface area contributed by atoms with Crippen molar-refractivity contribution in [2.75, 3.05) is 18.0 Å². The van der Waals surface area contributed by atoms with Gasteiger partial charge in [-0.05, 0) is 87.5 Å². The molecule has 4 nitrogen and oxygen atoms in total. The number of benzene rings is 1. The zero-order valence-corrected chi connectivity index (χ0v) is 19.3. The van der Waals surface area contributed by atoms with Gasteiger partial charge in [-0.3, -0.25) is 0 Å². The highest BCUT2D eigenvalue weighted by Gasteiger charge is 2.50. The van der Waals surface area contributed by atoms with Gasteiger partial charge in [0.15, 0.2) is 0 Å². The van der Waals surface area contributed by atoms with E-state index >= 15 is 0 Å². The lowest BCUT2D eigenvalue weighted by Crippen LogP contribution is -2.50. The van der Waals surface area contributed by atoms with Crippen molar-refractivity contribution in [1.82, 2.24) is 4.31 Å². The Kier molecular flexibility index (Phi) is 5.22. The van der Waals surface area contributed by atoms with E-state index in [4.69, 9.17) is 11.6 Å². The van der Waals surface area contributed by atoms with Crippen LogP contribution in [0.4, 0.5) is 5.69 Å². The number of halogens is 2. The van der Waals surface area contributed by atoms with E-state index in [2.05, 4.69) is 20.8 Å². The first-order valence-corrected chi connectivity index (χ1v) is 11.7. The van der Waals surface area contributed by atoms with Crippen LogP contribution in [0.25, 0.3) is 0 Å². The normalized spacial score (nSPS) is 24.0. The van der Waals surface area contributed by atoms with Gasteiger partial charge in [0.2, 0.25) is 10.0 Å². The second-order valence-corrected chi connectivity index (χ2v) is 12.9. The highest BCUT2D eigenvalue weighted by atomic mass is 79.9. The summed E-state index contributed by atoms with van der Waals surface area (Å²) in [6.07, 6.45) is 2.88. The molecule has 2 heterocycles. The molecule has 0 radical (unpaired) electrons. The number of nitrogens with zero attached hydrogens (tertiary/aromatic N) is 2. The molecule has 0 saturated carbocycles. The molecule has 26 heavy (non-hydrogen) atoms. The molecule has 7 heteroatoms. The average Bonchev–Trinajstić information content (AvgIpc) is 2.81. The van der Waals surface area contributed by atoms with Crippen molar-refractivity contribution < 1.29 is 8.42 Å². The highest BCUT2D eigenvalue weighted by molar-refractivity contribution is 9.10. The largest absolute Gasteiger partial charge is 0.366 e. The first-order chi connectivity index (χ1) is 11.8. The summed E-state index contributed by atoms with van der Waals surface area (Å²) in [7, 11) is -3.38. The van der Waals surface area contributed by atoms with E-state index in [9.17, 15) is 8.42 Å². The summed E-state index contributed by atoms with van der Waals surface area (Å²) in [6, 6.07) is 4.14. The number of hydrogen-bond donors (Lipinski definition) is 0. The number of aryl methyl sites for hydroxylation is 1. The standard InChI is InChI=1S/C19H28BrClN2O2S/c1-18(2,3)26(24,25)23-12-15(11-19(23,4)5)22-8-6-7-13-9-14(21)10-16(20)17(13)22/h9-10,15H,6-8,11-12H2,1-5H3.